The zero-order chi connectivity index (χ0) is 15.4. The molecule has 0 saturated carbocycles. The Balaban J connectivity index is 1.55. The molecule has 0 amide bonds. The van der Waals surface area contributed by atoms with Crippen molar-refractivity contribution in [1.82, 2.24) is 0 Å². The number of aliphatic hydroxyl groups is 1. The van der Waals surface area contributed by atoms with E-state index in [2.05, 4.69) is 5.32 Å². The topological polar surface area (TPSA) is 59.2 Å². The summed E-state index contributed by atoms with van der Waals surface area (Å²) in [4.78, 5) is 0. The maximum Gasteiger partial charge on any atom is 0.158 e. The summed E-state index contributed by atoms with van der Waals surface area (Å²) in [7, 11) is 0. The minimum atomic E-state index is -0.436. The summed E-state index contributed by atoms with van der Waals surface area (Å²) in [6, 6.07) is 11.9. The first-order valence-electron chi connectivity index (χ1n) is 8.03. The molecule has 0 aliphatic carbocycles. The van der Waals surface area contributed by atoms with Crippen molar-refractivity contribution in [2.45, 2.75) is 38.5 Å². The second-order valence-corrected chi connectivity index (χ2v) is 5.93. The van der Waals surface area contributed by atoms with Crippen LogP contribution >= 0.6 is 0 Å². The lowest BCUT2D eigenvalue weighted by atomic mass is 10.1. The molecule has 1 saturated heterocycles. The van der Waals surface area contributed by atoms with Gasteiger partial charge in [0.2, 0.25) is 0 Å². The highest BCUT2D eigenvalue weighted by Crippen LogP contribution is 2.23. The third-order valence-corrected chi connectivity index (χ3v) is 4.14. The molecule has 1 fully saturated rings. The predicted octanol–water partition coefficient (Wildman–Crippen LogP) is 2.24. The van der Waals surface area contributed by atoms with Crippen LogP contribution in [0.1, 0.15) is 37.2 Å². The Morgan fingerprint density at radius 1 is 1.23 bits per heavy atom. The lowest BCUT2D eigenvalue weighted by Crippen LogP contribution is -2.84. The lowest BCUT2D eigenvalue weighted by molar-refractivity contribution is -0.677. The van der Waals surface area contributed by atoms with Crippen molar-refractivity contribution in [1.29, 1.82) is 0 Å². The van der Waals surface area contributed by atoms with Gasteiger partial charge in [0, 0.05) is 12.2 Å². The quantitative estimate of drug-likeness (QED) is 0.860. The molecule has 1 aliphatic rings. The van der Waals surface area contributed by atoms with Crippen molar-refractivity contribution in [3.8, 4) is 11.3 Å². The Labute approximate surface area is 131 Å². The van der Waals surface area contributed by atoms with Gasteiger partial charge >= 0.3 is 0 Å². The molecule has 2 atom stereocenters. The zero-order valence-electron chi connectivity index (χ0n) is 13.0. The lowest BCUT2D eigenvalue weighted by Gasteiger charge is -2.06. The van der Waals surface area contributed by atoms with Crippen LogP contribution in [0.4, 0.5) is 0 Å². The average molecular weight is 302 g/mol. The van der Waals surface area contributed by atoms with Gasteiger partial charge in [0.25, 0.3) is 0 Å². The van der Waals surface area contributed by atoms with Crippen LogP contribution in [0, 0.1) is 0 Å². The predicted molar refractivity (Wildman–Crippen MR) is 84.2 cm³/mol. The number of quaternary nitrogens is 1. The van der Waals surface area contributed by atoms with Crippen LogP contribution in [-0.2, 0) is 11.3 Å². The molecular formula is C18H24NO3+. The van der Waals surface area contributed by atoms with Crippen molar-refractivity contribution in [2.24, 2.45) is 0 Å². The monoisotopic (exact) mass is 302 g/mol. The van der Waals surface area contributed by atoms with E-state index in [9.17, 15) is 5.11 Å². The summed E-state index contributed by atoms with van der Waals surface area (Å²) in [6.07, 6.45) is 2.33. The summed E-state index contributed by atoms with van der Waals surface area (Å²) in [5.74, 6) is 1.85. The second-order valence-electron chi connectivity index (χ2n) is 5.93. The Morgan fingerprint density at radius 2 is 2.05 bits per heavy atom. The molecule has 1 aromatic heterocycles. The SMILES string of the molecule is C[C@@H](O)c1ccc(-c2ccc(C[NH2+]C[C@H]3CCCO3)o2)cc1. The molecule has 3 rings (SSSR count). The summed E-state index contributed by atoms with van der Waals surface area (Å²) < 4.78 is 11.5. The number of hydrogen-bond donors (Lipinski definition) is 2. The van der Waals surface area contributed by atoms with Crippen molar-refractivity contribution >= 4 is 0 Å². The molecule has 4 nitrogen and oxygen atoms in total. The molecule has 0 spiro atoms. The summed E-state index contributed by atoms with van der Waals surface area (Å²) in [6.45, 7) is 4.51. The van der Waals surface area contributed by atoms with E-state index in [-0.39, 0.29) is 0 Å². The van der Waals surface area contributed by atoms with E-state index in [0.29, 0.717) is 6.10 Å². The number of nitrogens with two attached hydrogens (primary N) is 1. The number of ether oxygens (including phenoxy) is 1. The van der Waals surface area contributed by atoms with Crippen molar-refractivity contribution in [3.63, 3.8) is 0 Å². The van der Waals surface area contributed by atoms with Gasteiger partial charge in [-0.05, 0) is 37.5 Å². The van der Waals surface area contributed by atoms with Gasteiger partial charge < -0.3 is 19.6 Å². The number of benzene rings is 1. The van der Waals surface area contributed by atoms with Crippen LogP contribution in [-0.4, -0.2) is 24.4 Å². The first kappa shape index (κ1) is 15.3. The molecule has 118 valence electrons. The molecule has 2 aromatic rings. The van der Waals surface area contributed by atoms with E-state index in [1.807, 2.05) is 36.4 Å². The third kappa shape index (κ3) is 3.77. The van der Waals surface area contributed by atoms with Gasteiger partial charge in [-0.25, -0.2) is 0 Å². The largest absolute Gasteiger partial charge is 0.455 e. The molecule has 0 bridgehead atoms. The van der Waals surface area contributed by atoms with E-state index >= 15 is 0 Å². The van der Waals surface area contributed by atoms with E-state index in [4.69, 9.17) is 9.15 Å². The fraction of sp³-hybridized carbons (Fsp3) is 0.444. The maximum atomic E-state index is 9.54. The Morgan fingerprint density at radius 3 is 2.73 bits per heavy atom. The summed E-state index contributed by atoms with van der Waals surface area (Å²) in [5.41, 5.74) is 1.95. The summed E-state index contributed by atoms with van der Waals surface area (Å²) in [5, 5.41) is 11.8. The van der Waals surface area contributed by atoms with Gasteiger partial charge in [-0.1, -0.05) is 24.3 Å². The van der Waals surface area contributed by atoms with Crippen LogP contribution in [0.2, 0.25) is 0 Å². The number of aliphatic hydroxyl groups excluding tert-OH is 1. The smallest absolute Gasteiger partial charge is 0.158 e. The maximum absolute atomic E-state index is 9.54. The molecule has 22 heavy (non-hydrogen) atoms. The molecule has 1 aliphatic heterocycles. The van der Waals surface area contributed by atoms with Crippen LogP contribution in [0.5, 0.6) is 0 Å². The summed E-state index contributed by atoms with van der Waals surface area (Å²) >= 11 is 0. The van der Waals surface area contributed by atoms with E-state index < -0.39 is 6.10 Å². The Hall–Kier alpha value is -1.62. The first-order valence-corrected chi connectivity index (χ1v) is 8.03. The second kappa shape index (κ2) is 7.09. The van der Waals surface area contributed by atoms with Crippen LogP contribution in [0.3, 0.4) is 0 Å². The normalized spacial score (nSPS) is 19.5. The molecule has 3 N–H and O–H groups in total. The van der Waals surface area contributed by atoms with E-state index in [0.717, 1.165) is 42.3 Å². The first-order chi connectivity index (χ1) is 10.7. The third-order valence-electron chi connectivity index (χ3n) is 4.14. The van der Waals surface area contributed by atoms with Crippen molar-refractivity contribution < 1.29 is 19.6 Å². The fourth-order valence-corrected chi connectivity index (χ4v) is 2.81. The molecular weight excluding hydrogens is 278 g/mol. The van der Waals surface area contributed by atoms with Gasteiger partial charge in [-0.3, -0.25) is 0 Å². The van der Waals surface area contributed by atoms with E-state index in [1.54, 1.807) is 6.92 Å². The highest BCUT2D eigenvalue weighted by molar-refractivity contribution is 5.58. The van der Waals surface area contributed by atoms with Gasteiger partial charge in [0.05, 0.1) is 6.10 Å². The molecule has 4 heteroatoms. The van der Waals surface area contributed by atoms with E-state index in [1.165, 1.54) is 12.8 Å². The van der Waals surface area contributed by atoms with Gasteiger partial charge in [-0.2, -0.15) is 0 Å². The fourth-order valence-electron chi connectivity index (χ4n) is 2.81. The molecule has 2 heterocycles. The minimum absolute atomic E-state index is 0.405. The number of rotatable bonds is 6. The van der Waals surface area contributed by atoms with Gasteiger partial charge in [0.1, 0.15) is 25.0 Å². The number of furan rings is 1. The van der Waals surface area contributed by atoms with Crippen molar-refractivity contribution in [3.05, 3.63) is 47.7 Å². The molecule has 0 unspecified atom stereocenters. The van der Waals surface area contributed by atoms with Gasteiger partial charge in [0.15, 0.2) is 5.76 Å². The van der Waals surface area contributed by atoms with Gasteiger partial charge in [-0.15, -0.1) is 0 Å². The molecule has 1 aromatic carbocycles. The molecule has 0 radical (unpaired) electrons. The van der Waals surface area contributed by atoms with Crippen molar-refractivity contribution in [2.75, 3.05) is 13.2 Å². The Kier molecular flexibility index (Phi) is 4.93. The minimum Gasteiger partial charge on any atom is -0.455 e. The highest BCUT2D eigenvalue weighted by Gasteiger charge is 2.17. The van der Waals surface area contributed by atoms with Crippen LogP contribution in [0.15, 0.2) is 40.8 Å². The highest BCUT2D eigenvalue weighted by atomic mass is 16.5. The van der Waals surface area contributed by atoms with Crippen LogP contribution < -0.4 is 5.32 Å². The number of hydrogen-bond acceptors (Lipinski definition) is 3. The average Bonchev–Trinajstić information content (AvgIpc) is 3.19. The standard InChI is InChI=1S/C18H23NO3/c1-13(20)14-4-6-15(7-5-14)18-9-8-17(22-18)12-19-11-16-3-2-10-21-16/h4-9,13,16,19-20H,2-3,10-12H2,1H3/p+1/t13-,16-/m1/s1. The van der Waals surface area contributed by atoms with Crippen LogP contribution in [0.25, 0.3) is 11.3 Å². The zero-order valence-corrected chi connectivity index (χ0v) is 13.0. The Bertz CT molecular complexity index is 583.